The Bertz CT molecular complexity index is 462. The Hall–Kier alpha value is -0.870. The molecule has 16 heavy (non-hydrogen) atoms. The summed E-state index contributed by atoms with van der Waals surface area (Å²) >= 11 is 5.17. The number of nitrogens with zero attached hydrogens (tertiary/aromatic N) is 2. The standard InChI is InChI=1S/C12H13BrN2S/c1-15(2)10-5-3-9(4-6-10)12-14-8-11(7-13)16-12/h3-6,8H,7H2,1-2H3. The van der Waals surface area contributed by atoms with Crippen LogP contribution < -0.4 is 4.90 Å². The first-order valence-corrected chi connectivity index (χ1v) is 6.93. The van der Waals surface area contributed by atoms with Crippen molar-refractivity contribution in [3.63, 3.8) is 0 Å². The first kappa shape index (κ1) is 11.6. The topological polar surface area (TPSA) is 16.1 Å². The quantitative estimate of drug-likeness (QED) is 0.802. The van der Waals surface area contributed by atoms with Gasteiger partial charge in [-0.15, -0.1) is 11.3 Å². The molecule has 0 bridgehead atoms. The van der Waals surface area contributed by atoms with Crippen molar-refractivity contribution in [3.05, 3.63) is 35.3 Å². The highest BCUT2D eigenvalue weighted by molar-refractivity contribution is 9.08. The Morgan fingerprint density at radius 1 is 1.25 bits per heavy atom. The van der Waals surface area contributed by atoms with E-state index in [0.717, 1.165) is 10.3 Å². The van der Waals surface area contributed by atoms with Crippen LogP contribution in [-0.4, -0.2) is 19.1 Å². The van der Waals surface area contributed by atoms with Gasteiger partial charge in [-0.3, -0.25) is 0 Å². The van der Waals surface area contributed by atoms with Crippen LogP contribution in [0.5, 0.6) is 0 Å². The lowest BCUT2D eigenvalue weighted by atomic mass is 10.2. The van der Waals surface area contributed by atoms with Crippen molar-refractivity contribution >= 4 is 33.0 Å². The molecule has 2 aromatic rings. The second-order valence-corrected chi connectivity index (χ2v) is 5.38. The lowest BCUT2D eigenvalue weighted by Gasteiger charge is -2.11. The van der Waals surface area contributed by atoms with Gasteiger partial charge in [-0.1, -0.05) is 15.9 Å². The lowest BCUT2D eigenvalue weighted by Crippen LogP contribution is -2.07. The van der Waals surface area contributed by atoms with Crippen molar-refractivity contribution in [2.24, 2.45) is 0 Å². The molecular weight excluding hydrogens is 284 g/mol. The van der Waals surface area contributed by atoms with Gasteiger partial charge in [0.05, 0.1) is 0 Å². The summed E-state index contributed by atoms with van der Waals surface area (Å²) in [5, 5.41) is 1.96. The number of alkyl halides is 1. The number of hydrogen-bond donors (Lipinski definition) is 0. The summed E-state index contributed by atoms with van der Waals surface area (Å²) in [6.45, 7) is 0. The molecule has 0 atom stereocenters. The predicted octanol–water partition coefficient (Wildman–Crippen LogP) is 3.77. The largest absolute Gasteiger partial charge is 0.378 e. The maximum Gasteiger partial charge on any atom is 0.123 e. The zero-order valence-corrected chi connectivity index (χ0v) is 11.7. The number of rotatable bonds is 3. The second-order valence-electron chi connectivity index (χ2n) is 3.71. The fourth-order valence-corrected chi connectivity index (χ4v) is 2.66. The van der Waals surface area contributed by atoms with Gasteiger partial charge < -0.3 is 4.90 Å². The fraction of sp³-hybridized carbons (Fsp3) is 0.250. The maximum atomic E-state index is 4.41. The summed E-state index contributed by atoms with van der Waals surface area (Å²) in [6.07, 6.45) is 1.93. The molecule has 1 aromatic carbocycles. The Kier molecular flexibility index (Phi) is 3.61. The van der Waals surface area contributed by atoms with E-state index in [1.165, 1.54) is 16.1 Å². The van der Waals surface area contributed by atoms with E-state index in [0.29, 0.717) is 0 Å². The van der Waals surface area contributed by atoms with Crippen LogP contribution in [0.1, 0.15) is 4.88 Å². The molecule has 1 heterocycles. The molecule has 0 aliphatic carbocycles. The van der Waals surface area contributed by atoms with Crippen LogP contribution in [0.25, 0.3) is 10.6 Å². The fourth-order valence-electron chi connectivity index (χ4n) is 1.40. The zero-order chi connectivity index (χ0) is 11.5. The molecule has 2 rings (SSSR count). The number of anilines is 1. The molecular formula is C12H13BrN2S. The van der Waals surface area contributed by atoms with Gasteiger partial charge in [-0.2, -0.15) is 0 Å². The summed E-state index contributed by atoms with van der Waals surface area (Å²) in [5.41, 5.74) is 2.39. The smallest absolute Gasteiger partial charge is 0.123 e. The highest BCUT2D eigenvalue weighted by atomic mass is 79.9. The molecule has 0 amide bonds. The van der Waals surface area contributed by atoms with Crippen molar-refractivity contribution in [3.8, 4) is 10.6 Å². The predicted molar refractivity (Wildman–Crippen MR) is 74.5 cm³/mol. The van der Waals surface area contributed by atoms with Crippen molar-refractivity contribution in [2.45, 2.75) is 5.33 Å². The van der Waals surface area contributed by atoms with Crippen molar-refractivity contribution < 1.29 is 0 Å². The van der Waals surface area contributed by atoms with E-state index in [1.54, 1.807) is 11.3 Å². The monoisotopic (exact) mass is 296 g/mol. The molecule has 0 N–H and O–H groups in total. The van der Waals surface area contributed by atoms with Crippen LogP contribution in [0.4, 0.5) is 5.69 Å². The molecule has 0 fully saturated rings. The molecule has 4 heteroatoms. The number of halogens is 1. The van der Waals surface area contributed by atoms with Crippen LogP contribution in [-0.2, 0) is 5.33 Å². The van der Waals surface area contributed by atoms with E-state index in [4.69, 9.17) is 0 Å². The van der Waals surface area contributed by atoms with E-state index in [2.05, 4.69) is 50.1 Å². The molecule has 0 aliphatic rings. The van der Waals surface area contributed by atoms with Gasteiger partial charge in [-0.05, 0) is 24.3 Å². The van der Waals surface area contributed by atoms with Crippen molar-refractivity contribution in [1.29, 1.82) is 0 Å². The molecule has 2 nitrogen and oxygen atoms in total. The van der Waals surface area contributed by atoms with Crippen LogP contribution in [0.3, 0.4) is 0 Å². The van der Waals surface area contributed by atoms with Crippen LogP contribution in [0.2, 0.25) is 0 Å². The average Bonchev–Trinajstić information content (AvgIpc) is 2.77. The first-order chi connectivity index (χ1) is 7.70. The van der Waals surface area contributed by atoms with Gasteiger partial charge in [0, 0.05) is 41.8 Å². The Morgan fingerprint density at radius 2 is 1.94 bits per heavy atom. The first-order valence-electron chi connectivity index (χ1n) is 4.99. The zero-order valence-electron chi connectivity index (χ0n) is 9.27. The molecule has 0 aliphatic heterocycles. The lowest BCUT2D eigenvalue weighted by molar-refractivity contribution is 1.13. The molecule has 1 aromatic heterocycles. The minimum absolute atomic E-state index is 0.875. The number of hydrogen-bond acceptors (Lipinski definition) is 3. The Balaban J connectivity index is 2.27. The van der Waals surface area contributed by atoms with E-state index >= 15 is 0 Å². The van der Waals surface area contributed by atoms with E-state index in [9.17, 15) is 0 Å². The molecule has 0 saturated heterocycles. The second kappa shape index (κ2) is 4.97. The van der Waals surface area contributed by atoms with Crippen LogP contribution in [0.15, 0.2) is 30.5 Å². The molecule has 84 valence electrons. The normalized spacial score (nSPS) is 10.4. The van der Waals surface area contributed by atoms with E-state index in [1.807, 2.05) is 20.3 Å². The summed E-state index contributed by atoms with van der Waals surface area (Å²) < 4.78 is 0. The van der Waals surface area contributed by atoms with Gasteiger partial charge in [0.15, 0.2) is 0 Å². The Morgan fingerprint density at radius 3 is 2.44 bits per heavy atom. The number of thiazole rings is 1. The van der Waals surface area contributed by atoms with Gasteiger partial charge in [-0.25, -0.2) is 4.98 Å². The number of benzene rings is 1. The van der Waals surface area contributed by atoms with Crippen molar-refractivity contribution in [1.82, 2.24) is 4.98 Å². The van der Waals surface area contributed by atoms with Crippen LogP contribution >= 0.6 is 27.3 Å². The summed E-state index contributed by atoms with van der Waals surface area (Å²) in [4.78, 5) is 7.76. The van der Waals surface area contributed by atoms with Gasteiger partial charge in [0.25, 0.3) is 0 Å². The third-order valence-electron chi connectivity index (χ3n) is 2.32. The summed E-state index contributed by atoms with van der Waals surface area (Å²) in [5.74, 6) is 0. The van der Waals surface area contributed by atoms with Crippen LogP contribution in [0, 0.1) is 0 Å². The summed E-state index contributed by atoms with van der Waals surface area (Å²) in [7, 11) is 4.09. The highest BCUT2D eigenvalue weighted by Gasteiger charge is 2.04. The molecule has 0 radical (unpaired) electrons. The Labute approximate surface area is 108 Å². The third-order valence-corrected chi connectivity index (χ3v) is 4.34. The van der Waals surface area contributed by atoms with Gasteiger partial charge in [0.1, 0.15) is 5.01 Å². The molecule has 0 unspecified atom stereocenters. The van der Waals surface area contributed by atoms with E-state index < -0.39 is 0 Å². The highest BCUT2D eigenvalue weighted by Crippen LogP contribution is 2.27. The minimum atomic E-state index is 0.875. The average molecular weight is 297 g/mol. The van der Waals surface area contributed by atoms with Crippen molar-refractivity contribution in [2.75, 3.05) is 19.0 Å². The SMILES string of the molecule is CN(C)c1ccc(-c2ncc(CBr)s2)cc1. The number of aromatic nitrogens is 1. The molecule has 0 saturated carbocycles. The third kappa shape index (κ3) is 2.44. The van der Waals surface area contributed by atoms with Gasteiger partial charge >= 0.3 is 0 Å². The van der Waals surface area contributed by atoms with E-state index in [-0.39, 0.29) is 0 Å². The molecule has 0 spiro atoms. The van der Waals surface area contributed by atoms with Gasteiger partial charge in [0.2, 0.25) is 0 Å². The minimum Gasteiger partial charge on any atom is -0.378 e. The summed E-state index contributed by atoms with van der Waals surface area (Å²) in [6, 6.07) is 8.47. The maximum absolute atomic E-state index is 4.41.